The summed E-state index contributed by atoms with van der Waals surface area (Å²) in [5.74, 6) is 1.29. The molecule has 2 aromatic rings. The van der Waals surface area contributed by atoms with Gasteiger partial charge in [0.25, 0.3) is 5.91 Å². The lowest BCUT2D eigenvalue weighted by molar-refractivity contribution is -0.119. The summed E-state index contributed by atoms with van der Waals surface area (Å²) >= 11 is 5.14. The van der Waals surface area contributed by atoms with E-state index in [4.69, 9.17) is 21.7 Å². The van der Waals surface area contributed by atoms with E-state index in [-0.39, 0.29) is 17.6 Å². The second-order valence-corrected chi connectivity index (χ2v) is 5.57. The van der Waals surface area contributed by atoms with Gasteiger partial charge in [-0.2, -0.15) is 0 Å². The van der Waals surface area contributed by atoms with Gasteiger partial charge in [-0.1, -0.05) is 0 Å². The van der Waals surface area contributed by atoms with E-state index in [9.17, 15) is 4.79 Å². The first-order valence-corrected chi connectivity index (χ1v) is 8.48. The molecule has 2 aromatic carbocycles. The molecule has 0 radical (unpaired) electrons. The fourth-order valence-electron chi connectivity index (χ4n) is 2.03. The zero-order valence-electron chi connectivity index (χ0n) is 14.7. The van der Waals surface area contributed by atoms with Crippen molar-refractivity contribution >= 4 is 34.6 Å². The van der Waals surface area contributed by atoms with E-state index in [1.807, 2.05) is 55.5 Å². The fraction of sp³-hybridized carbons (Fsp3) is 0.222. The van der Waals surface area contributed by atoms with Crippen LogP contribution in [0.25, 0.3) is 0 Å². The maximum atomic E-state index is 11.8. The van der Waals surface area contributed by atoms with E-state index >= 15 is 0 Å². The van der Waals surface area contributed by atoms with Crippen molar-refractivity contribution in [1.82, 2.24) is 10.9 Å². The quantitative estimate of drug-likeness (QED) is 0.438. The number of rotatable bonds is 7. The van der Waals surface area contributed by atoms with Gasteiger partial charge >= 0.3 is 0 Å². The smallest absolute Gasteiger partial charge is 0.257 e. The molecule has 0 saturated heterocycles. The van der Waals surface area contributed by atoms with Crippen LogP contribution in [0.5, 0.6) is 11.5 Å². The maximum Gasteiger partial charge on any atom is 0.257 e. The first-order chi connectivity index (χ1) is 12.6. The second-order valence-electron chi connectivity index (χ2n) is 5.17. The van der Waals surface area contributed by atoms with Crippen LogP contribution in [-0.4, -0.2) is 31.3 Å². The molecule has 0 spiro atoms. The molecule has 7 nitrogen and oxygen atoms in total. The molecule has 0 fully saturated rings. The van der Waals surface area contributed by atoms with Crippen molar-refractivity contribution in [2.75, 3.05) is 30.9 Å². The van der Waals surface area contributed by atoms with Crippen molar-refractivity contribution in [3.05, 3.63) is 48.5 Å². The highest BCUT2D eigenvalue weighted by Gasteiger charge is 2.03. The molecule has 0 aromatic heterocycles. The molecule has 2 rings (SSSR count). The van der Waals surface area contributed by atoms with Gasteiger partial charge < -0.3 is 20.1 Å². The normalized spacial score (nSPS) is 9.77. The summed E-state index contributed by atoms with van der Waals surface area (Å²) in [4.78, 5) is 11.8. The first kappa shape index (κ1) is 19.3. The van der Waals surface area contributed by atoms with E-state index < -0.39 is 0 Å². The van der Waals surface area contributed by atoms with E-state index in [1.54, 1.807) is 7.11 Å². The van der Waals surface area contributed by atoms with Crippen LogP contribution in [0.1, 0.15) is 6.92 Å². The predicted molar refractivity (Wildman–Crippen MR) is 107 cm³/mol. The minimum atomic E-state index is -0.253. The Hall–Kier alpha value is -3.00. The second kappa shape index (κ2) is 10.1. The molecule has 0 heterocycles. The van der Waals surface area contributed by atoms with Crippen LogP contribution in [0.4, 0.5) is 11.4 Å². The Morgan fingerprint density at radius 1 is 0.962 bits per heavy atom. The third-order valence-electron chi connectivity index (χ3n) is 3.28. The number of hydrazine groups is 1. The molecule has 0 aliphatic rings. The molecule has 26 heavy (non-hydrogen) atoms. The first-order valence-electron chi connectivity index (χ1n) is 8.07. The number of hydrogen-bond acceptors (Lipinski definition) is 5. The Kier molecular flexibility index (Phi) is 7.50. The van der Waals surface area contributed by atoms with Gasteiger partial charge in [-0.05, 0) is 67.7 Å². The van der Waals surface area contributed by atoms with Crippen molar-refractivity contribution in [2.24, 2.45) is 0 Å². The lowest BCUT2D eigenvalue weighted by atomic mass is 10.3. The van der Waals surface area contributed by atoms with Crippen LogP contribution < -0.4 is 31.0 Å². The van der Waals surface area contributed by atoms with Crippen molar-refractivity contribution in [3.8, 4) is 11.5 Å². The zero-order chi connectivity index (χ0) is 18.8. The highest BCUT2D eigenvalue weighted by atomic mass is 32.1. The van der Waals surface area contributed by atoms with Gasteiger partial charge in [0.05, 0.1) is 20.3 Å². The van der Waals surface area contributed by atoms with E-state index in [0.29, 0.717) is 6.61 Å². The van der Waals surface area contributed by atoms with Crippen LogP contribution in [0.2, 0.25) is 0 Å². The molecule has 8 heteroatoms. The molecule has 0 atom stereocenters. The Balaban J connectivity index is 1.69. The number of ether oxygens (including phenoxy) is 2. The Morgan fingerprint density at radius 2 is 1.58 bits per heavy atom. The Bertz CT molecular complexity index is 720. The number of carbonyl (C=O) groups excluding carboxylic acids is 1. The Morgan fingerprint density at radius 3 is 2.19 bits per heavy atom. The topological polar surface area (TPSA) is 83.7 Å². The van der Waals surface area contributed by atoms with Crippen LogP contribution in [0.3, 0.4) is 0 Å². The van der Waals surface area contributed by atoms with E-state index in [0.717, 1.165) is 22.9 Å². The molecular formula is C18H22N4O3S. The summed E-state index contributed by atoms with van der Waals surface area (Å²) < 4.78 is 10.5. The molecule has 1 amide bonds. The summed E-state index contributed by atoms with van der Waals surface area (Å²) in [7, 11) is 1.60. The zero-order valence-corrected chi connectivity index (χ0v) is 15.5. The lowest BCUT2D eigenvalue weighted by Crippen LogP contribution is -2.45. The van der Waals surface area contributed by atoms with Gasteiger partial charge in [-0.15, -0.1) is 0 Å². The molecule has 0 aliphatic carbocycles. The molecule has 0 saturated carbocycles. The molecule has 4 N–H and O–H groups in total. The molecule has 0 bridgehead atoms. The van der Waals surface area contributed by atoms with Crippen LogP contribution in [0.15, 0.2) is 48.5 Å². The molecule has 138 valence electrons. The summed E-state index contributed by atoms with van der Waals surface area (Å²) in [6.07, 6.45) is 0. The van der Waals surface area contributed by atoms with Crippen LogP contribution in [0, 0.1) is 0 Å². The molecule has 0 aliphatic heterocycles. The summed E-state index contributed by atoms with van der Waals surface area (Å²) in [6, 6.07) is 14.6. The Labute approximate surface area is 158 Å². The van der Waals surface area contributed by atoms with Gasteiger partial charge in [-0.3, -0.25) is 15.6 Å². The highest BCUT2D eigenvalue weighted by molar-refractivity contribution is 7.80. The van der Waals surface area contributed by atoms with Crippen molar-refractivity contribution in [2.45, 2.75) is 6.92 Å². The predicted octanol–water partition coefficient (Wildman–Crippen LogP) is 2.52. The van der Waals surface area contributed by atoms with Crippen molar-refractivity contribution in [3.63, 3.8) is 0 Å². The van der Waals surface area contributed by atoms with Crippen molar-refractivity contribution < 1.29 is 14.3 Å². The van der Waals surface area contributed by atoms with Crippen molar-refractivity contribution in [1.29, 1.82) is 0 Å². The van der Waals surface area contributed by atoms with Gasteiger partial charge in [0.1, 0.15) is 11.5 Å². The minimum Gasteiger partial charge on any atom is -0.497 e. The number of methoxy groups -OCH3 is 1. The molecule has 0 unspecified atom stereocenters. The summed E-state index contributed by atoms with van der Waals surface area (Å²) in [6.45, 7) is 2.64. The third-order valence-corrected chi connectivity index (χ3v) is 3.49. The number of amides is 1. The monoisotopic (exact) mass is 374 g/mol. The number of thiocarbonyl (C=S) groups is 1. The standard InChI is InChI=1S/C18H22N4O3S/c1-3-25-16-10-6-14(7-11-16)20-18(26)22-21-17(23)12-19-13-4-8-15(24-2)9-5-13/h4-11,19H,3,12H2,1-2H3,(H,21,23)(H2,20,22,26). The van der Waals surface area contributed by atoms with E-state index in [2.05, 4.69) is 21.5 Å². The number of nitrogens with one attached hydrogen (secondary N) is 4. The van der Waals surface area contributed by atoms with Crippen LogP contribution >= 0.6 is 12.2 Å². The third kappa shape index (κ3) is 6.48. The maximum absolute atomic E-state index is 11.8. The summed E-state index contributed by atoms with van der Waals surface area (Å²) in [5, 5.41) is 6.26. The average Bonchev–Trinajstić information content (AvgIpc) is 2.67. The number of hydrogen-bond donors (Lipinski definition) is 4. The van der Waals surface area contributed by atoms with Crippen LogP contribution in [-0.2, 0) is 4.79 Å². The highest BCUT2D eigenvalue weighted by Crippen LogP contribution is 2.15. The largest absolute Gasteiger partial charge is 0.497 e. The number of anilines is 2. The van der Waals surface area contributed by atoms with E-state index in [1.165, 1.54) is 0 Å². The number of carbonyl (C=O) groups is 1. The summed E-state index contributed by atoms with van der Waals surface area (Å²) in [5.41, 5.74) is 6.78. The lowest BCUT2D eigenvalue weighted by Gasteiger charge is -2.13. The number of benzene rings is 2. The van der Waals surface area contributed by atoms with Gasteiger partial charge in [0.2, 0.25) is 0 Å². The van der Waals surface area contributed by atoms with Gasteiger partial charge in [-0.25, -0.2) is 0 Å². The van der Waals surface area contributed by atoms with Gasteiger partial charge in [0.15, 0.2) is 5.11 Å². The van der Waals surface area contributed by atoms with Gasteiger partial charge in [0, 0.05) is 11.4 Å². The molecular weight excluding hydrogens is 352 g/mol. The SMILES string of the molecule is CCOc1ccc(NC(=S)NNC(=O)CNc2ccc(OC)cc2)cc1. The minimum absolute atomic E-state index is 0.102. The average molecular weight is 374 g/mol. The fourth-order valence-corrected chi connectivity index (χ4v) is 2.19.